The van der Waals surface area contributed by atoms with Crippen molar-refractivity contribution in [2.75, 3.05) is 7.05 Å². The van der Waals surface area contributed by atoms with Gasteiger partial charge in [-0.15, -0.1) is 0 Å². The average Bonchev–Trinajstić information content (AvgIpc) is 2.87. The Hall–Kier alpha value is -2.64. The van der Waals surface area contributed by atoms with E-state index in [0.29, 0.717) is 15.6 Å². The number of hydrogen-bond acceptors (Lipinski definition) is 5. The van der Waals surface area contributed by atoms with Crippen LogP contribution in [0.15, 0.2) is 46.3 Å². The third-order valence-electron chi connectivity index (χ3n) is 4.18. The largest absolute Gasteiger partial charge is 0.290 e. The topological polar surface area (TPSA) is 75.8 Å². The lowest BCUT2D eigenvalue weighted by Crippen LogP contribution is -2.23. The van der Waals surface area contributed by atoms with Crippen molar-refractivity contribution in [1.82, 2.24) is 4.90 Å². The summed E-state index contributed by atoms with van der Waals surface area (Å²) in [5.41, 5.74) is 3.40. The summed E-state index contributed by atoms with van der Waals surface area (Å²) in [4.78, 5) is 29.5. The molecule has 0 bridgehead atoms. The molecule has 1 saturated heterocycles. The Balaban J connectivity index is 1.93. The summed E-state index contributed by atoms with van der Waals surface area (Å²) in [5.74, 6) is -0.208. The fourth-order valence-electron chi connectivity index (χ4n) is 2.47. The molecule has 0 N–H and O–H groups in total. The smallest absolute Gasteiger partial charge is 0.288 e. The number of nitrogens with zero attached hydrogens (tertiary/aromatic N) is 3. The molecular formula is C19H16ClN3O3S. The van der Waals surface area contributed by atoms with E-state index >= 15 is 0 Å². The molecule has 0 spiro atoms. The van der Waals surface area contributed by atoms with E-state index in [4.69, 9.17) is 11.6 Å². The Morgan fingerprint density at radius 2 is 1.93 bits per heavy atom. The molecule has 2 aromatic carbocycles. The van der Waals surface area contributed by atoms with Crippen LogP contribution in [0.5, 0.6) is 0 Å². The lowest BCUT2D eigenvalue weighted by Gasteiger charge is -2.08. The van der Waals surface area contributed by atoms with Crippen molar-refractivity contribution in [3.63, 3.8) is 0 Å². The van der Waals surface area contributed by atoms with Gasteiger partial charge in [-0.3, -0.25) is 19.8 Å². The monoisotopic (exact) mass is 401 g/mol. The van der Waals surface area contributed by atoms with E-state index in [1.54, 1.807) is 19.2 Å². The van der Waals surface area contributed by atoms with Gasteiger partial charge in [0.2, 0.25) is 0 Å². The number of carbonyl (C=O) groups is 1. The van der Waals surface area contributed by atoms with E-state index in [1.165, 1.54) is 34.4 Å². The van der Waals surface area contributed by atoms with E-state index in [0.717, 1.165) is 11.3 Å². The highest BCUT2D eigenvalue weighted by Gasteiger charge is 2.30. The third-order valence-corrected chi connectivity index (χ3v) is 5.56. The molecule has 1 aliphatic heterocycles. The predicted molar refractivity (Wildman–Crippen MR) is 109 cm³/mol. The van der Waals surface area contributed by atoms with Crippen LogP contribution in [0, 0.1) is 24.0 Å². The van der Waals surface area contributed by atoms with Crippen molar-refractivity contribution >= 4 is 51.9 Å². The first-order valence-electron chi connectivity index (χ1n) is 8.04. The lowest BCUT2D eigenvalue weighted by atomic mass is 10.1. The van der Waals surface area contributed by atoms with Crippen LogP contribution < -0.4 is 0 Å². The predicted octanol–water partition coefficient (Wildman–Crippen LogP) is 5.10. The normalized spacial score (nSPS) is 17.2. The molecule has 0 atom stereocenters. The zero-order valence-electron chi connectivity index (χ0n) is 14.9. The number of amidine groups is 1. The zero-order valence-corrected chi connectivity index (χ0v) is 16.5. The van der Waals surface area contributed by atoms with Crippen molar-refractivity contribution in [3.05, 3.63) is 73.1 Å². The minimum Gasteiger partial charge on any atom is -0.290 e. The number of aliphatic imine (C=N–C) groups is 1. The second-order valence-corrected chi connectivity index (χ2v) is 7.52. The van der Waals surface area contributed by atoms with Crippen LogP contribution in [0.25, 0.3) is 6.08 Å². The highest BCUT2D eigenvalue weighted by molar-refractivity contribution is 8.18. The van der Waals surface area contributed by atoms with E-state index in [2.05, 4.69) is 4.99 Å². The second-order valence-electron chi connectivity index (χ2n) is 6.11. The molecule has 8 heteroatoms. The number of benzene rings is 2. The summed E-state index contributed by atoms with van der Waals surface area (Å²) in [7, 11) is 1.65. The molecule has 0 aromatic heterocycles. The van der Waals surface area contributed by atoms with Gasteiger partial charge in [0.15, 0.2) is 5.17 Å². The maximum Gasteiger partial charge on any atom is 0.288 e. The van der Waals surface area contributed by atoms with E-state index in [-0.39, 0.29) is 16.6 Å². The number of nitro groups is 1. The number of carbonyl (C=O) groups excluding carboxylic acids is 1. The summed E-state index contributed by atoms with van der Waals surface area (Å²) in [5, 5.41) is 11.6. The van der Waals surface area contributed by atoms with Crippen molar-refractivity contribution in [2.24, 2.45) is 4.99 Å². The fraction of sp³-hybridized carbons (Fsp3) is 0.158. The molecule has 0 unspecified atom stereocenters. The van der Waals surface area contributed by atoms with Gasteiger partial charge in [0.25, 0.3) is 11.6 Å². The van der Waals surface area contributed by atoms with Gasteiger partial charge in [-0.2, -0.15) is 0 Å². The van der Waals surface area contributed by atoms with Crippen molar-refractivity contribution in [3.8, 4) is 0 Å². The Morgan fingerprint density at radius 1 is 1.19 bits per heavy atom. The number of aryl methyl sites for hydroxylation is 2. The standard InChI is InChI=1S/C19H16ClN3O3S/c1-11-4-6-14(8-12(11)2)21-19-22(3)18(24)17(27-19)10-13-5-7-15(20)16(9-13)23(25)26/h4-10H,1-3H3/b17-10+,21-19?. The molecule has 1 aliphatic rings. The van der Waals surface area contributed by atoms with Crippen LogP contribution in [-0.2, 0) is 4.79 Å². The van der Waals surface area contributed by atoms with E-state index in [9.17, 15) is 14.9 Å². The maximum absolute atomic E-state index is 12.5. The molecule has 0 aliphatic carbocycles. The van der Waals surface area contributed by atoms with Crippen molar-refractivity contribution < 1.29 is 9.72 Å². The van der Waals surface area contributed by atoms with Crippen LogP contribution in [-0.4, -0.2) is 27.9 Å². The summed E-state index contributed by atoms with van der Waals surface area (Å²) < 4.78 is 0. The maximum atomic E-state index is 12.5. The molecule has 0 radical (unpaired) electrons. The number of nitro benzene ring substituents is 1. The van der Waals surface area contributed by atoms with Gasteiger partial charge < -0.3 is 0 Å². The van der Waals surface area contributed by atoms with Gasteiger partial charge in [-0.1, -0.05) is 23.7 Å². The molecule has 6 nitrogen and oxygen atoms in total. The van der Waals surface area contributed by atoms with Gasteiger partial charge >= 0.3 is 0 Å². The molecule has 3 rings (SSSR count). The Morgan fingerprint density at radius 3 is 2.59 bits per heavy atom. The first kappa shape index (κ1) is 19.1. The minimum atomic E-state index is -0.549. The second kappa shape index (κ2) is 7.54. The quantitative estimate of drug-likeness (QED) is 0.407. The number of amides is 1. The first-order chi connectivity index (χ1) is 12.8. The van der Waals surface area contributed by atoms with Crippen molar-refractivity contribution in [2.45, 2.75) is 13.8 Å². The Bertz CT molecular complexity index is 1020. The zero-order chi connectivity index (χ0) is 19.7. The van der Waals surface area contributed by atoms with Gasteiger partial charge in [0, 0.05) is 13.1 Å². The lowest BCUT2D eigenvalue weighted by molar-refractivity contribution is -0.384. The van der Waals surface area contributed by atoms with E-state index < -0.39 is 4.92 Å². The molecule has 2 aromatic rings. The van der Waals surface area contributed by atoms with Gasteiger partial charge in [-0.25, -0.2) is 4.99 Å². The Labute approximate surface area is 165 Å². The van der Waals surface area contributed by atoms with Crippen LogP contribution in [0.3, 0.4) is 0 Å². The molecule has 1 heterocycles. The van der Waals surface area contributed by atoms with Crippen molar-refractivity contribution in [1.29, 1.82) is 0 Å². The number of hydrogen-bond donors (Lipinski definition) is 0. The van der Waals surface area contributed by atoms with Crippen LogP contribution in [0.2, 0.25) is 5.02 Å². The summed E-state index contributed by atoms with van der Waals surface area (Å²) in [6, 6.07) is 10.3. The summed E-state index contributed by atoms with van der Waals surface area (Å²) >= 11 is 7.06. The van der Waals surface area contributed by atoms with Gasteiger partial charge in [0.05, 0.1) is 15.5 Å². The Kier molecular flexibility index (Phi) is 5.34. The minimum absolute atomic E-state index is 0.0571. The highest BCUT2D eigenvalue weighted by atomic mass is 35.5. The summed E-state index contributed by atoms with van der Waals surface area (Å²) in [6.45, 7) is 4.03. The van der Waals surface area contributed by atoms with Crippen LogP contribution in [0.4, 0.5) is 11.4 Å². The molecule has 27 heavy (non-hydrogen) atoms. The molecule has 0 saturated carbocycles. The number of rotatable bonds is 3. The fourth-order valence-corrected chi connectivity index (χ4v) is 3.64. The number of halogens is 1. The SMILES string of the molecule is Cc1ccc(N=C2S/C(=C/c3ccc(Cl)c([N+](=O)[O-])c3)C(=O)N2C)cc1C. The highest BCUT2D eigenvalue weighted by Crippen LogP contribution is 2.34. The number of thioether (sulfide) groups is 1. The molecular weight excluding hydrogens is 386 g/mol. The number of likely N-dealkylation sites (N-methyl/N-ethyl adjacent to an activating group) is 1. The molecule has 1 amide bonds. The van der Waals surface area contributed by atoms with E-state index in [1.807, 2.05) is 32.0 Å². The van der Waals surface area contributed by atoms with Gasteiger partial charge in [-0.05, 0) is 66.6 Å². The average molecular weight is 402 g/mol. The van der Waals surface area contributed by atoms with Gasteiger partial charge in [0.1, 0.15) is 5.02 Å². The molecule has 138 valence electrons. The van der Waals surface area contributed by atoms with Crippen LogP contribution in [0.1, 0.15) is 16.7 Å². The first-order valence-corrected chi connectivity index (χ1v) is 9.23. The third kappa shape index (κ3) is 4.04. The molecule has 1 fully saturated rings. The summed E-state index contributed by atoms with van der Waals surface area (Å²) in [6.07, 6.45) is 1.61. The van der Waals surface area contributed by atoms with Crippen LogP contribution >= 0.6 is 23.4 Å².